The lowest BCUT2D eigenvalue weighted by Gasteiger charge is -2.27. The highest BCUT2D eigenvalue weighted by Gasteiger charge is 2.41. The molecule has 28 heavy (non-hydrogen) atoms. The summed E-state index contributed by atoms with van der Waals surface area (Å²) in [7, 11) is 0. The average Bonchev–Trinajstić information content (AvgIpc) is 2.90. The van der Waals surface area contributed by atoms with Gasteiger partial charge < -0.3 is 10.0 Å². The molecule has 0 aromatic heterocycles. The standard InChI is InChI=1S/C23H21NO4/c1-13(25)10-11-24-17-9-8-14-6-4-5-7-15(14)19(17)23(2,3)18(24)12-16-20(26)22(28)21(16)27/h4-9,12,26H,10-11H2,1-3H3/b18-12+. The number of allylic oxidation sites excluding steroid dienone is 1. The molecule has 4 rings (SSSR count). The van der Waals surface area contributed by atoms with Crippen molar-refractivity contribution in [2.45, 2.75) is 32.6 Å². The van der Waals surface area contributed by atoms with E-state index in [4.69, 9.17) is 0 Å². The summed E-state index contributed by atoms with van der Waals surface area (Å²) < 4.78 is 0. The fourth-order valence-electron chi connectivity index (χ4n) is 4.17. The molecule has 0 spiro atoms. The van der Waals surface area contributed by atoms with Crippen LogP contribution in [-0.2, 0) is 10.2 Å². The summed E-state index contributed by atoms with van der Waals surface area (Å²) in [5.74, 6) is -0.413. The third kappa shape index (κ3) is 2.50. The molecule has 0 bridgehead atoms. The number of fused-ring (bicyclic) bond motifs is 3. The molecule has 5 nitrogen and oxygen atoms in total. The van der Waals surface area contributed by atoms with E-state index in [1.165, 1.54) is 0 Å². The van der Waals surface area contributed by atoms with Gasteiger partial charge in [0.05, 0.1) is 5.56 Å². The van der Waals surface area contributed by atoms with E-state index in [0.29, 0.717) is 13.0 Å². The number of benzene rings is 2. The molecule has 0 fully saturated rings. The van der Waals surface area contributed by atoms with Gasteiger partial charge in [-0.2, -0.15) is 0 Å². The van der Waals surface area contributed by atoms with Gasteiger partial charge in [-0.1, -0.05) is 44.2 Å². The largest absolute Gasteiger partial charge is 0.504 e. The number of carbonyl (C=O) groups excluding carboxylic acids is 1. The third-order valence-corrected chi connectivity index (χ3v) is 5.64. The molecular weight excluding hydrogens is 354 g/mol. The van der Waals surface area contributed by atoms with Crippen LogP contribution in [0.5, 0.6) is 5.75 Å². The number of Topliss-reactive ketones (excluding diaryl/α,β-unsaturated/α-hetero) is 1. The summed E-state index contributed by atoms with van der Waals surface area (Å²) in [4.78, 5) is 37.1. The van der Waals surface area contributed by atoms with Gasteiger partial charge in [0.15, 0.2) is 5.75 Å². The van der Waals surface area contributed by atoms with Crippen LogP contribution in [0.3, 0.4) is 0 Å². The molecule has 1 aliphatic rings. The van der Waals surface area contributed by atoms with E-state index in [9.17, 15) is 19.5 Å². The zero-order valence-electron chi connectivity index (χ0n) is 16.1. The van der Waals surface area contributed by atoms with Crippen LogP contribution in [-0.4, -0.2) is 17.4 Å². The molecule has 1 N–H and O–H groups in total. The monoisotopic (exact) mass is 375 g/mol. The highest BCUT2D eigenvalue weighted by atomic mass is 16.3. The summed E-state index contributed by atoms with van der Waals surface area (Å²) in [6, 6.07) is 12.2. The second-order valence-corrected chi connectivity index (χ2v) is 7.86. The Morgan fingerprint density at radius 1 is 1.11 bits per heavy atom. The predicted octanol–water partition coefficient (Wildman–Crippen LogP) is 3.26. The van der Waals surface area contributed by atoms with Crippen molar-refractivity contribution in [3.05, 3.63) is 73.7 Å². The van der Waals surface area contributed by atoms with Gasteiger partial charge in [-0.25, -0.2) is 0 Å². The van der Waals surface area contributed by atoms with Gasteiger partial charge in [-0.05, 0) is 35.4 Å². The lowest BCUT2D eigenvalue weighted by atomic mass is 9.80. The van der Waals surface area contributed by atoms with Gasteiger partial charge in [-0.15, -0.1) is 0 Å². The van der Waals surface area contributed by atoms with Crippen molar-refractivity contribution in [2.24, 2.45) is 0 Å². The molecule has 5 heteroatoms. The Morgan fingerprint density at radius 3 is 2.50 bits per heavy atom. The van der Waals surface area contributed by atoms with E-state index in [1.54, 1.807) is 13.0 Å². The van der Waals surface area contributed by atoms with Crippen LogP contribution in [0.15, 0.2) is 51.7 Å². The van der Waals surface area contributed by atoms with Crippen molar-refractivity contribution >= 4 is 28.3 Å². The first kappa shape index (κ1) is 18.2. The lowest BCUT2D eigenvalue weighted by Crippen LogP contribution is -2.34. The number of aromatic hydroxyl groups is 1. The zero-order valence-corrected chi connectivity index (χ0v) is 16.1. The third-order valence-electron chi connectivity index (χ3n) is 5.64. The molecule has 0 amide bonds. The van der Waals surface area contributed by atoms with Crippen molar-refractivity contribution < 1.29 is 9.90 Å². The number of rotatable bonds is 4. The topological polar surface area (TPSA) is 74.7 Å². The molecule has 0 saturated carbocycles. The minimum absolute atomic E-state index is 0.0398. The van der Waals surface area contributed by atoms with Crippen LogP contribution in [0.25, 0.3) is 16.8 Å². The first-order valence-electron chi connectivity index (χ1n) is 9.27. The van der Waals surface area contributed by atoms with E-state index in [1.807, 2.05) is 29.2 Å². The SMILES string of the molecule is CC(=O)CCN1/C(=C/c2c(O)c(=O)c2=O)C(C)(C)c2c1ccc1ccccc21. The van der Waals surface area contributed by atoms with E-state index < -0.39 is 22.0 Å². The van der Waals surface area contributed by atoms with Gasteiger partial charge in [-0.3, -0.25) is 14.4 Å². The minimum atomic E-state index is -0.846. The molecule has 142 valence electrons. The molecule has 0 atom stereocenters. The summed E-state index contributed by atoms with van der Waals surface area (Å²) >= 11 is 0. The molecule has 0 unspecified atom stereocenters. The van der Waals surface area contributed by atoms with Crippen molar-refractivity contribution in [3.8, 4) is 5.75 Å². The van der Waals surface area contributed by atoms with E-state index in [-0.39, 0.29) is 11.3 Å². The number of hydrogen-bond donors (Lipinski definition) is 1. The van der Waals surface area contributed by atoms with Gasteiger partial charge in [0, 0.05) is 29.8 Å². The summed E-state index contributed by atoms with van der Waals surface area (Å²) in [6.45, 7) is 6.13. The highest BCUT2D eigenvalue weighted by molar-refractivity contribution is 5.96. The fourth-order valence-corrected chi connectivity index (χ4v) is 4.17. The molecule has 0 saturated heterocycles. The smallest absolute Gasteiger partial charge is 0.268 e. The molecule has 3 aromatic carbocycles. The van der Waals surface area contributed by atoms with Crippen LogP contribution in [0.1, 0.15) is 38.3 Å². The first-order valence-corrected chi connectivity index (χ1v) is 9.27. The Bertz CT molecular complexity index is 1230. The normalized spacial score (nSPS) is 16.8. The molecule has 1 heterocycles. The van der Waals surface area contributed by atoms with Gasteiger partial charge >= 0.3 is 0 Å². The second kappa shape index (κ2) is 6.16. The Balaban J connectivity index is 1.96. The van der Waals surface area contributed by atoms with Crippen LogP contribution in [0.4, 0.5) is 5.69 Å². The molecule has 0 aliphatic carbocycles. The average molecular weight is 375 g/mol. The maximum atomic E-state index is 11.9. The summed E-state index contributed by atoms with van der Waals surface area (Å²) in [5, 5.41) is 12.1. The van der Waals surface area contributed by atoms with Gasteiger partial charge in [0.25, 0.3) is 5.43 Å². The van der Waals surface area contributed by atoms with Crippen LogP contribution in [0, 0.1) is 0 Å². The lowest BCUT2D eigenvalue weighted by molar-refractivity contribution is -0.116. The minimum Gasteiger partial charge on any atom is -0.504 e. The van der Waals surface area contributed by atoms with Crippen LogP contribution in [0.2, 0.25) is 0 Å². The van der Waals surface area contributed by atoms with Crippen LogP contribution >= 0.6 is 0 Å². The van der Waals surface area contributed by atoms with Gasteiger partial charge in [0.1, 0.15) is 5.78 Å². The molecule has 3 aromatic rings. The first-order chi connectivity index (χ1) is 13.2. The maximum Gasteiger partial charge on any atom is 0.268 e. The Morgan fingerprint density at radius 2 is 1.82 bits per heavy atom. The summed E-state index contributed by atoms with van der Waals surface area (Å²) in [5.41, 5.74) is 0.932. The highest BCUT2D eigenvalue weighted by Crippen LogP contribution is 2.51. The van der Waals surface area contributed by atoms with Crippen molar-refractivity contribution in [1.82, 2.24) is 0 Å². The van der Waals surface area contributed by atoms with Crippen molar-refractivity contribution in [3.63, 3.8) is 0 Å². The predicted molar refractivity (Wildman–Crippen MR) is 111 cm³/mol. The Labute approximate surface area is 162 Å². The zero-order chi connectivity index (χ0) is 20.2. The van der Waals surface area contributed by atoms with Crippen molar-refractivity contribution in [2.75, 3.05) is 11.4 Å². The molecular formula is C23H21NO4. The van der Waals surface area contributed by atoms with E-state index in [2.05, 4.69) is 26.0 Å². The summed E-state index contributed by atoms with van der Waals surface area (Å²) in [6.07, 6.45) is 1.96. The fraction of sp³-hybridized carbons (Fsp3) is 0.261. The maximum absolute atomic E-state index is 11.9. The number of carbonyl (C=O) groups is 1. The van der Waals surface area contributed by atoms with Crippen molar-refractivity contribution in [1.29, 1.82) is 0 Å². The molecule has 1 aliphatic heterocycles. The van der Waals surface area contributed by atoms with Crippen LogP contribution < -0.4 is 15.8 Å². The van der Waals surface area contributed by atoms with E-state index in [0.717, 1.165) is 27.7 Å². The van der Waals surface area contributed by atoms with Gasteiger partial charge in [0.2, 0.25) is 5.43 Å². The number of nitrogens with zero attached hydrogens (tertiary/aromatic N) is 1. The molecule has 0 radical (unpaired) electrons. The van der Waals surface area contributed by atoms with E-state index >= 15 is 0 Å². The Kier molecular flexibility index (Phi) is 4.00. The number of anilines is 1. The second-order valence-electron chi connectivity index (χ2n) is 7.86. The number of ketones is 1. The quantitative estimate of drug-likeness (QED) is 0.709. The Hall–Kier alpha value is -3.21. The number of hydrogen-bond acceptors (Lipinski definition) is 5.